The second-order valence-corrected chi connectivity index (χ2v) is 6.75. The smallest absolute Gasteiger partial charge is 0.274 e. The number of nitrogens with zero attached hydrogens (tertiary/aromatic N) is 2. The van der Waals surface area contributed by atoms with Crippen LogP contribution in [0.2, 0.25) is 0 Å². The Morgan fingerprint density at radius 3 is 2.61 bits per heavy atom. The molecular weight excluding hydrogens is 356 g/mol. The van der Waals surface area contributed by atoms with Gasteiger partial charge in [-0.2, -0.15) is 0 Å². The molecule has 2 N–H and O–H groups in total. The molecule has 0 radical (unpaired) electrons. The summed E-state index contributed by atoms with van der Waals surface area (Å²) in [5.41, 5.74) is 2.18. The van der Waals surface area contributed by atoms with Gasteiger partial charge in [0.2, 0.25) is 0 Å². The van der Waals surface area contributed by atoms with Crippen LogP contribution in [0.3, 0.4) is 0 Å². The molecule has 1 aromatic carbocycles. The van der Waals surface area contributed by atoms with Gasteiger partial charge < -0.3 is 10.6 Å². The zero-order valence-electron chi connectivity index (χ0n) is 13.8. The summed E-state index contributed by atoms with van der Waals surface area (Å²) in [7, 11) is 0. The first-order chi connectivity index (χ1) is 10.8. The van der Waals surface area contributed by atoms with Crippen LogP contribution in [0.1, 0.15) is 35.7 Å². The molecule has 2 aromatic rings. The van der Waals surface area contributed by atoms with E-state index in [1.807, 2.05) is 25.1 Å². The van der Waals surface area contributed by atoms with Gasteiger partial charge in [-0.05, 0) is 53.4 Å². The molecule has 1 aromatic heterocycles. The quantitative estimate of drug-likeness (QED) is 0.821. The van der Waals surface area contributed by atoms with Crippen molar-refractivity contribution in [2.75, 3.05) is 17.2 Å². The maximum Gasteiger partial charge on any atom is 0.274 e. The first-order valence-electron chi connectivity index (χ1n) is 7.52. The van der Waals surface area contributed by atoms with Crippen molar-refractivity contribution < 1.29 is 4.79 Å². The van der Waals surface area contributed by atoms with E-state index < -0.39 is 0 Å². The Labute approximate surface area is 145 Å². The Kier molecular flexibility index (Phi) is 5.71. The third kappa shape index (κ3) is 5.03. The van der Waals surface area contributed by atoms with Crippen molar-refractivity contribution in [2.45, 2.75) is 27.7 Å². The van der Waals surface area contributed by atoms with E-state index in [1.165, 1.54) is 0 Å². The first kappa shape index (κ1) is 17.4. The summed E-state index contributed by atoms with van der Waals surface area (Å²) >= 11 is 3.46. The molecule has 6 heteroatoms. The predicted molar refractivity (Wildman–Crippen MR) is 96.9 cm³/mol. The summed E-state index contributed by atoms with van der Waals surface area (Å²) in [6.45, 7) is 8.80. The second kappa shape index (κ2) is 7.55. The molecule has 0 spiro atoms. The van der Waals surface area contributed by atoms with Gasteiger partial charge in [0.1, 0.15) is 17.3 Å². The lowest BCUT2D eigenvalue weighted by atomic mass is 10.2. The Morgan fingerprint density at radius 2 is 1.96 bits per heavy atom. The number of carbonyl (C=O) groups excluding carboxylic acids is 1. The molecule has 23 heavy (non-hydrogen) atoms. The second-order valence-electron chi connectivity index (χ2n) is 5.90. The molecule has 0 bridgehead atoms. The van der Waals surface area contributed by atoms with Crippen LogP contribution in [-0.4, -0.2) is 22.4 Å². The highest BCUT2D eigenvalue weighted by Crippen LogP contribution is 2.24. The zero-order chi connectivity index (χ0) is 17.0. The molecule has 0 aliphatic carbocycles. The van der Waals surface area contributed by atoms with Crippen LogP contribution in [0.25, 0.3) is 0 Å². The molecule has 1 amide bonds. The number of hydrogen-bond donors (Lipinski definition) is 2. The van der Waals surface area contributed by atoms with E-state index in [9.17, 15) is 4.79 Å². The minimum absolute atomic E-state index is 0.257. The number of aryl methyl sites for hydroxylation is 2. The molecule has 0 saturated carbocycles. The van der Waals surface area contributed by atoms with E-state index in [1.54, 1.807) is 13.0 Å². The molecule has 0 unspecified atom stereocenters. The normalized spacial score (nSPS) is 10.7. The van der Waals surface area contributed by atoms with E-state index in [0.717, 1.165) is 16.6 Å². The number of hydrogen-bond acceptors (Lipinski definition) is 4. The van der Waals surface area contributed by atoms with Gasteiger partial charge in [-0.25, -0.2) is 9.97 Å². The molecule has 0 atom stereocenters. The summed E-state index contributed by atoms with van der Waals surface area (Å²) in [5.74, 6) is 1.46. The van der Waals surface area contributed by atoms with Crippen LogP contribution in [0.5, 0.6) is 0 Å². The van der Waals surface area contributed by atoms with Crippen molar-refractivity contribution in [1.82, 2.24) is 9.97 Å². The third-order valence-electron chi connectivity index (χ3n) is 3.13. The van der Waals surface area contributed by atoms with Crippen LogP contribution < -0.4 is 10.6 Å². The highest BCUT2D eigenvalue weighted by Gasteiger charge is 2.12. The number of anilines is 2. The molecule has 122 valence electrons. The van der Waals surface area contributed by atoms with E-state index in [2.05, 4.69) is 50.4 Å². The molecule has 0 aliphatic rings. The summed E-state index contributed by atoms with van der Waals surface area (Å²) in [6.07, 6.45) is 0. The van der Waals surface area contributed by atoms with Gasteiger partial charge in [0.05, 0.1) is 5.69 Å². The van der Waals surface area contributed by atoms with Crippen molar-refractivity contribution in [3.8, 4) is 0 Å². The SMILES string of the molecule is Cc1ccc(NC(=O)c2cc(NCC(C)C)nc(C)n2)c(Br)c1. The summed E-state index contributed by atoms with van der Waals surface area (Å²) in [4.78, 5) is 21.0. The number of benzene rings is 1. The average Bonchev–Trinajstić information content (AvgIpc) is 2.47. The predicted octanol–water partition coefficient (Wildman–Crippen LogP) is 4.18. The fourth-order valence-corrected chi connectivity index (χ4v) is 2.58. The Morgan fingerprint density at radius 1 is 1.22 bits per heavy atom. The first-order valence-corrected chi connectivity index (χ1v) is 8.31. The lowest BCUT2D eigenvalue weighted by molar-refractivity contribution is 0.102. The van der Waals surface area contributed by atoms with Gasteiger partial charge in [0.15, 0.2) is 0 Å². The molecule has 1 heterocycles. The summed E-state index contributed by atoms with van der Waals surface area (Å²) in [6, 6.07) is 7.44. The van der Waals surface area contributed by atoms with Crippen molar-refractivity contribution in [3.05, 3.63) is 45.8 Å². The standard InChI is InChI=1S/C17H21BrN4O/c1-10(2)9-19-16-8-15(20-12(4)21-16)17(23)22-14-6-5-11(3)7-13(14)18/h5-8,10H,9H2,1-4H3,(H,22,23)(H,19,20,21). The minimum atomic E-state index is -0.257. The molecular formula is C17H21BrN4O. The number of nitrogens with one attached hydrogen (secondary N) is 2. The van der Waals surface area contributed by atoms with Crippen LogP contribution >= 0.6 is 15.9 Å². The molecule has 5 nitrogen and oxygen atoms in total. The van der Waals surface area contributed by atoms with Crippen LogP contribution in [0, 0.1) is 19.8 Å². The lowest BCUT2D eigenvalue weighted by Crippen LogP contribution is -2.17. The highest BCUT2D eigenvalue weighted by molar-refractivity contribution is 9.10. The molecule has 0 saturated heterocycles. The van der Waals surface area contributed by atoms with Crippen LogP contribution in [-0.2, 0) is 0 Å². The molecule has 0 fully saturated rings. The maximum atomic E-state index is 12.4. The van der Waals surface area contributed by atoms with Gasteiger partial charge in [-0.3, -0.25) is 4.79 Å². The number of aromatic nitrogens is 2. The Bertz CT molecular complexity index is 716. The van der Waals surface area contributed by atoms with E-state index in [4.69, 9.17) is 0 Å². The van der Waals surface area contributed by atoms with Crippen molar-refractivity contribution in [3.63, 3.8) is 0 Å². The van der Waals surface area contributed by atoms with Gasteiger partial charge in [-0.15, -0.1) is 0 Å². The number of amides is 1. The van der Waals surface area contributed by atoms with E-state index in [-0.39, 0.29) is 5.91 Å². The lowest BCUT2D eigenvalue weighted by Gasteiger charge is -2.11. The van der Waals surface area contributed by atoms with Crippen LogP contribution in [0.15, 0.2) is 28.7 Å². The van der Waals surface area contributed by atoms with Gasteiger partial charge in [0.25, 0.3) is 5.91 Å². The fourth-order valence-electron chi connectivity index (χ4n) is 1.99. The summed E-state index contributed by atoms with van der Waals surface area (Å²) < 4.78 is 0.842. The van der Waals surface area contributed by atoms with Gasteiger partial charge in [0, 0.05) is 17.1 Å². The van der Waals surface area contributed by atoms with E-state index >= 15 is 0 Å². The fraction of sp³-hybridized carbons (Fsp3) is 0.353. The topological polar surface area (TPSA) is 66.9 Å². The van der Waals surface area contributed by atoms with Gasteiger partial charge >= 0.3 is 0 Å². The summed E-state index contributed by atoms with van der Waals surface area (Å²) in [5, 5.41) is 6.09. The Balaban J connectivity index is 2.18. The number of halogens is 1. The van der Waals surface area contributed by atoms with E-state index in [0.29, 0.717) is 28.9 Å². The van der Waals surface area contributed by atoms with Crippen molar-refractivity contribution in [2.24, 2.45) is 5.92 Å². The van der Waals surface area contributed by atoms with Gasteiger partial charge in [-0.1, -0.05) is 19.9 Å². The number of carbonyl (C=O) groups is 1. The minimum Gasteiger partial charge on any atom is -0.370 e. The molecule has 2 rings (SSSR count). The largest absolute Gasteiger partial charge is 0.370 e. The molecule has 0 aliphatic heterocycles. The average molecular weight is 377 g/mol. The maximum absolute atomic E-state index is 12.4. The monoisotopic (exact) mass is 376 g/mol. The third-order valence-corrected chi connectivity index (χ3v) is 3.79. The highest BCUT2D eigenvalue weighted by atomic mass is 79.9. The number of rotatable bonds is 5. The van der Waals surface area contributed by atoms with Crippen molar-refractivity contribution in [1.29, 1.82) is 0 Å². The van der Waals surface area contributed by atoms with Crippen LogP contribution in [0.4, 0.5) is 11.5 Å². The Hall–Kier alpha value is -1.95. The zero-order valence-corrected chi connectivity index (χ0v) is 15.4. The van der Waals surface area contributed by atoms with Crippen molar-refractivity contribution >= 4 is 33.3 Å².